The van der Waals surface area contributed by atoms with Crippen LogP contribution in [0.5, 0.6) is 0 Å². The molecular formula is C41H61N7S2. The van der Waals surface area contributed by atoms with E-state index in [9.17, 15) is 0 Å². The molecule has 272 valence electrons. The number of pyridine rings is 1. The summed E-state index contributed by atoms with van der Waals surface area (Å²) < 4.78 is 0. The molecule has 2 aliphatic rings. The van der Waals surface area contributed by atoms with Crippen LogP contribution in [0.15, 0.2) is 85.2 Å². The highest BCUT2D eigenvalue weighted by Gasteiger charge is 2.48. The third-order valence-electron chi connectivity index (χ3n) is 10.5. The molecule has 0 saturated carbocycles. The van der Waals surface area contributed by atoms with Crippen molar-refractivity contribution in [3.63, 3.8) is 0 Å². The first kappa shape index (κ1) is 40.0. The van der Waals surface area contributed by atoms with E-state index in [2.05, 4.69) is 132 Å². The highest BCUT2D eigenvalue weighted by Crippen LogP contribution is 2.37. The van der Waals surface area contributed by atoms with Crippen LogP contribution >= 0.6 is 24.4 Å². The molecule has 4 unspecified atom stereocenters. The largest absolute Gasteiger partial charge is 0.375 e. The number of unbranched alkanes of at least 4 members (excludes halogenated alkanes) is 4. The van der Waals surface area contributed by atoms with E-state index in [1.165, 1.54) is 43.2 Å². The molecule has 1 aromatic heterocycles. The Morgan fingerprint density at radius 1 is 0.720 bits per heavy atom. The Morgan fingerprint density at radius 2 is 1.24 bits per heavy atom. The number of nitrogens with zero attached hydrogens (tertiary/aromatic N) is 1. The van der Waals surface area contributed by atoms with Crippen molar-refractivity contribution >= 4 is 34.4 Å². The molecular weight excluding hydrogens is 655 g/mol. The second-order valence-corrected chi connectivity index (χ2v) is 14.6. The maximum atomic E-state index is 5.95. The standard InChI is InChI=1S/C21H28N4S.C20H33N3S/c1-2-3-7-12-21(20(26)23-15-17-9-8-13-22-14-17)19(16-24-25-21)18-10-5-4-6-11-18;1-4-7-11-14-20(19(24)22-17(5-2)6-3)18(15-21-23-20)16-12-9-8-10-13-16/h4-6,8-11,13-14,19,24-25H,2-3,7,12,15-16H2,1H3,(H,23,26);8-10,12-13,17-18,21,23H,4-7,11,14-15H2,1-3H3,(H,22,24). The lowest BCUT2D eigenvalue weighted by atomic mass is 9.77. The van der Waals surface area contributed by atoms with Gasteiger partial charge in [0, 0.05) is 49.9 Å². The van der Waals surface area contributed by atoms with Gasteiger partial charge in [0.25, 0.3) is 0 Å². The Bertz CT molecular complexity index is 1410. The van der Waals surface area contributed by atoms with Gasteiger partial charge in [-0.2, -0.15) is 0 Å². The first-order valence-corrected chi connectivity index (χ1v) is 19.8. The summed E-state index contributed by atoms with van der Waals surface area (Å²) in [7, 11) is 0. The van der Waals surface area contributed by atoms with E-state index in [0.717, 1.165) is 60.7 Å². The zero-order valence-electron chi connectivity index (χ0n) is 30.8. The van der Waals surface area contributed by atoms with Gasteiger partial charge in [0.2, 0.25) is 0 Å². The number of hydrogen-bond acceptors (Lipinski definition) is 7. The van der Waals surface area contributed by atoms with Crippen molar-refractivity contribution in [3.8, 4) is 0 Å². The topological polar surface area (TPSA) is 85.1 Å². The Labute approximate surface area is 312 Å². The quantitative estimate of drug-likeness (QED) is 0.0615. The van der Waals surface area contributed by atoms with E-state index < -0.39 is 0 Å². The molecule has 2 aliphatic heterocycles. The normalized spacial score (nSPS) is 22.9. The molecule has 4 atom stereocenters. The van der Waals surface area contributed by atoms with Crippen LogP contribution in [-0.4, -0.2) is 45.2 Å². The van der Waals surface area contributed by atoms with E-state index >= 15 is 0 Å². The first-order valence-electron chi connectivity index (χ1n) is 19.0. The molecule has 7 nitrogen and oxygen atoms in total. The summed E-state index contributed by atoms with van der Waals surface area (Å²) in [6.07, 6.45) is 15.2. The molecule has 6 N–H and O–H groups in total. The Kier molecular flexibility index (Phi) is 16.7. The number of hydrazine groups is 2. The molecule has 2 aromatic carbocycles. The van der Waals surface area contributed by atoms with Crippen molar-refractivity contribution in [3.05, 3.63) is 102 Å². The highest BCUT2D eigenvalue weighted by atomic mass is 32.1. The van der Waals surface area contributed by atoms with Gasteiger partial charge in [0.1, 0.15) is 0 Å². The lowest BCUT2D eigenvalue weighted by molar-refractivity contribution is 0.381. The molecule has 2 saturated heterocycles. The molecule has 0 spiro atoms. The van der Waals surface area contributed by atoms with Crippen LogP contribution in [0.2, 0.25) is 0 Å². The van der Waals surface area contributed by atoms with Crippen molar-refractivity contribution in [1.29, 1.82) is 0 Å². The highest BCUT2D eigenvalue weighted by molar-refractivity contribution is 7.80. The molecule has 0 bridgehead atoms. The van der Waals surface area contributed by atoms with Gasteiger partial charge >= 0.3 is 0 Å². The zero-order valence-corrected chi connectivity index (χ0v) is 32.4. The monoisotopic (exact) mass is 715 g/mol. The fraction of sp³-hybridized carbons (Fsp3) is 0.537. The number of nitrogens with one attached hydrogen (secondary N) is 6. The van der Waals surface area contributed by atoms with Crippen molar-refractivity contribution in [2.24, 2.45) is 0 Å². The van der Waals surface area contributed by atoms with Crippen LogP contribution in [0.3, 0.4) is 0 Å². The summed E-state index contributed by atoms with van der Waals surface area (Å²) >= 11 is 11.9. The van der Waals surface area contributed by atoms with E-state index in [0.29, 0.717) is 24.4 Å². The van der Waals surface area contributed by atoms with Crippen molar-refractivity contribution < 1.29 is 0 Å². The number of benzene rings is 2. The van der Waals surface area contributed by atoms with Crippen LogP contribution in [-0.2, 0) is 6.54 Å². The van der Waals surface area contributed by atoms with E-state index in [1.54, 1.807) is 6.20 Å². The zero-order chi connectivity index (χ0) is 35.7. The molecule has 0 aliphatic carbocycles. The van der Waals surface area contributed by atoms with Crippen molar-refractivity contribution in [1.82, 2.24) is 37.3 Å². The number of thiocarbonyl (C=S) groups is 2. The van der Waals surface area contributed by atoms with Crippen LogP contribution in [0.25, 0.3) is 0 Å². The first-order chi connectivity index (χ1) is 24.4. The summed E-state index contributed by atoms with van der Waals surface area (Å²) in [5.41, 5.74) is 17.3. The SMILES string of the molecule is CCCCCC1(C(=S)NC(CC)CC)NNCC1c1ccccc1.CCCCCC1(C(=S)NCc2cccnc2)NNCC1c1ccccc1. The molecule has 9 heteroatoms. The van der Waals surface area contributed by atoms with Gasteiger partial charge in [-0.1, -0.05) is 157 Å². The predicted molar refractivity (Wildman–Crippen MR) is 218 cm³/mol. The van der Waals surface area contributed by atoms with E-state index in [-0.39, 0.29) is 11.1 Å². The van der Waals surface area contributed by atoms with Crippen LogP contribution in [0.4, 0.5) is 0 Å². The van der Waals surface area contributed by atoms with Gasteiger partial charge in [-0.3, -0.25) is 15.8 Å². The minimum Gasteiger partial charge on any atom is -0.375 e. The van der Waals surface area contributed by atoms with E-state index in [1.807, 2.05) is 12.3 Å². The molecule has 3 heterocycles. The van der Waals surface area contributed by atoms with Crippen molar-refractivity contribution in [2.75, 3.05) is 13.1 Å². The van der Waals surface area contributed by atoms with Crippen molar-refractivity contribution in [2.45, 2.75) is 127 Å². The average molecular weight is 716 g/mol. The summed E-state index contributed by atoms with van der Waals surface area (Å²) in [6, 6.07) is 26.0. The van der Waals surface area contributed by atoms with Gasteiger partial charge in [0.15, 0.2) is 0 Å². The lowest BCUT2D eigenvalue weighted by Crippen LogP contribution is -2.58. The minimum absolute atomic E-state index is 0.186. The minimum atomic E-state index is -0.256. The Hall–Kier alpha value is -2.79. The number of aromatic nitrogens is 1. The Morgan fingerprint density at radius 3 is 1.70 bits per heavy atom. The maximum Gasteiger partial charge on any atom is 0.0980 e. The Balaban J connectivity index is 0.000000226. The average Bonchev–Trinajstić information content (AvgIpc) is 3.80. The van der Waals surface area contributed by atoms with Gasteiger partial charge in [-0.25, -0.2) is 10.9 Å². The lowest BCUT2D eigenvalue weighted by Gasteiger charge is -2.37. The smallest absolute Gasteiger partial charge is 0.0980 e. The summed E-state index contributed by atoms with van der Waals surface area (Å²) in [4.78, 5) is 6.05. The van der Waals surface area contributed by atoms with Gasteiger partial charge in [-0.05, 0) is 48.4 Å². The van der Waals surface area contributed by atoms with E-state index in [4.69, 9.17) is 24.4 Å². The maximum absolute atomic E-state index is 5.95. The van der Waals surface area contributed by atoms with Gasteiger partial charge in [-0.15, -0.1) is 0 Å². The summed E-state index contributed by atoms with van der Waals surface area (Å²) in [6.45, 7) is 11.4. The summed E-state index contributed by atoms with van der Waals surface area (Å²) in [5.74, 6) is 0.680. The fourth-order valence-electron chi connectivity index (χ4n) is 7.41. The van der Waals surface area contributed by atoms with Gasteiger partial charge < -0.3 is 10.6 Å². The van der Waals surface area contributed by atoms with Gasteiger partial charge in [0.05, 0.1) is 21.1 Å². The predicted octanol–water partition coefficient (Wildman–Crippen LogP) is 8.01. The molecule has 50 heavy (non-hydrogen) atoms. The molecule has 0 amide bonds. The molecule has 3 aromatic rings. The summed E-state index contributed by atoms with van der Waals surface area (Å²) in [5, 5.41) is 7.15. The second kappa shape index (κ2) is 20.9. The third kappa shape index (κ3) is 10.4. The van der Waals surface area contributed by atoms with Crippen LogP contribution in [0.1, 0.15) is 120 Å². The van der Waals surface area contributed by atoms with Crippen LogP contribution in [0, 0.1) is 0 Å². The molecule has 5 rings (SSSR count). The molecule has 2 fully saturated rings. The number of hydrogen-bond donors (Lipinski definition) is 6. The third-order valence-corrected chi connectivity index (χ3v) is 11.5. The second-order valence-electron chi connectivity index (χ2n) is 13.8. The number of rotatable bonds is 17. The fourth-order valence-corrected chi connectivity index (χ4v) is 8.24. The van der Waals surface area contributed by atoms with Crippen LogP contribution < -0.4 is 32.3 Å². The molecule has 0 radical (unpaired) electrons.